The first-order valence-corrected chi connectivity index (χ1v) is 8.07. The van der Waals surface area contributed by atoms with Gasteiger partial charge in [0.25, 0.3) is 0 Å². The predicted molar refractivity (Wildman–Crippen MR) is 79.2 cm³/mol. The lowest BCUT2D eigenvalue weighted by Gasteiger charge is -2.48. The SMILES string of the molecule is CCC1CCC(N2C(=O)C(C)(CC)NC(=O)C2C)CC1. The Balaban J connectivity index is 2.16. The van der Waals surface area contributed by atoms with Crippen molar-refractivity contribution in [2.75, 3.05) is 0 Å². The van der Waals surface area contributed by atoms with E-state index in [1.54, 1.807) is 0 Å². The average molecular weight is 280 g/mol. The van der Waals surface area contributed by atoms with Gasteiger partial charge >= 0.3 is 0 Å². The van der Waals surface area contributed by atoms with E-state index in [0.29, 0.717) is 6.42 Å². The van der Waals surface area contributed by atoms with Crippen LogP contribution in [0.2, 0.25) is 0 Å². The van der Waals surface area contributed by atoms with Crippen LogP contribution in [-0.4, -0.2) is 34.3 Å². The topological polar surface area (TPSA) is 49.4 Å². The summed E-state index contributed by atoms with van der Waals surface area (Å²) in [6.07, 6.45) is 6.32. The van der Waals surface area contributed by atoms with Crippen LogP contribution in [0.15, 0.2) is 0 Å². The van der Waals surface area contributed by atoms with Crippen LogP contribution in [0, 0.1) is 5.92 Å². The normalized spacial score (nSPS) is 38.8. The number of carbonyl (C=O) groups excluding carboxylic acids is 2. The third-order valence-corrected chi connectivity index (χ3v) is 5.40. The number of nitrogens with one attached hydrogen (secondary N) is 1. The largest absolute Gasteiger partial charge is 0.340 e. The summed E-state index contributed by atoms with van der Waals surface area (Å²) >= 11 is 0. The second-order valence-corrected chi connectivity index (χ2v) is 6.65. The van der Waals surface area contributed by atoms with Gasteiger partial charge in [0.1, 0.15) is 11.6 Å². The molecule has 1 aliphatic carbocycles. The Hall–Kier alpha value is -1.06. The Morgan fingerprint density at radius 2 is 1.80 bits per heavy atom. The van der Waals surface area contributed by atoms with E-state index < -0.39 is 5.54 Å². The summed E-state index contributed by atoms with van der Waals surface area (Å²) in [6.45, 7) is 7.90. The molecular formula is C16H28N2O2. The molecule has 20 heavy (non-hydrogen) atoms. The summed E-state index contributed by atoms with van der Waals surface area (Å²) in [4.78, 5) is 26.9. The van der Waals surface area contributed by atoms with Gasteiger partial charge in [-0.05, 0) is 51.9 Å². The highest BCUT2D eigenvalue weighted by atomic mass is 16.2. The lowest BCUT2D eigenvalue weighted by atomic mass is 9.81. The van der Waals surface area contributed by atoms with Crippen LogP contribution in [0.5, 0.6) is 0 Å². The fourth-order valence-electron chi connectivity index (χ4n) is 3.57. The van der Waals surface area contributed by atoms with Crippen LogP contribution in [-0.2, 0) is 9.59 Å². The van der Waals surface area contributed by atoms with E-state index in [1.807, 2.05) is 25.7 Å². The second-order valence-electron chi connectivity index (χ2n) is 6.65. The summed E-state index contributed by atoms with van der Waals surface area (Å²) in [5, 5.41) is 2.90. The van der Waals surface area contributed by atoms with E-state index in [0.717, 1.165) is 18.8 Å². The first kappa shape index (κ1) is 15.3. The van der Waals surface area contributed by atoms with Gasteiger partial charge in [-0.1, -0.05) is 20.3 Å². The summed E-state index contributed by atoms with van der Waals surface area (Å²) in [7, 11) is 0. The van der Waals surface area contributed by atoms with Gasteiger partial charge < -0.3 is 10.2 Å². The molecular weight excluding hydrogens is 252 g/mol. The maximum Gasteiger partial charge on any atom is 0.248 e. The molecule has 2 aliphatic rings. The minimum atomic E-state index is -0.717. The molecule has 0 aromatic heterocycles. The zero-order valence-corrected chi connectivity index (χ0v) is 13.2. The molecule has 0 spiro atoms. The predicted octanol–water partition coefficient (Wildman–Crippen LogP) is 2.47. The zero-order chi connectivity index (χ0) is 14.9. The molecule has 0 radical (unpaired) electrons. The summed E-state index contributed by atoms with van der Waals surface area (Å²) in [5.74, 6) is 0.895. The Labute approximate surface area is 122 Å². The van der Waals surface area contributed by atoms with E-state index in [1.165, 1.54) is 19.3 Å². The maximum atomic E-state index is 12.8. The minimum Gasteiger partial charge on any atom is -0.340 e. The molecule has 2 amide bonds. The molecule has 1 saturated heterocycles. The highest BCUT2D eigenvalue weighted by Gasteiger charge is 2.47. The number of hydrogen-bond acceptors (Lipinski definition) is 2. The fraction of sp³-hybridized carbons (Fsp3) is 0.875. The van der Waals surface area contributed by atoms with Crippen molar-refractivity contribution < 1.29 is 9.59 Å². The lowest BCUT2D eigenvalue weighted by molar-refractivity contribution is -0.157. The Bertz CT molecular complexity index is 388. The molecule has 4 heteroatoms. The van der Waals surface area contributed by atoms with Crippen LogP contribution in [0.1, 0.15) is 66.2 Å². The smallest absolute Gasteiger partial charge is 0.248 e. The second kappa shape index (κ2) is 5.74. The van der Waals surface area contributed by atoms with E-state index in [2.05, 4.69) is 12.2 Å². The van der Waals surface area contributed by atoms with E-state index >= 15 is 0 Å². The van der Waals surface area contributed by atoms with Crippen molar-refractivity contribution in [3.63, 3.8) is 0 Å². The number of piperazine rings is 1. The van der Waals surface area contributed by atoms with Gasteiger partial charge in [-0.2, -0.15) is 0 Å². The van der Waals surface area contributed by atoms with Crippen molar-refractivity contribution in [1.29, 1.82) is 0 Å². The van der Waals surface area contributed by atoms with Gasteiger partial charge in [0.15, 0.2) is 0 Å². The Morgan fingerprint density at radius 3 is 2.30 bits per heavy atom. The molecule has 114 valence electrons. The molecule has 2 atom stereocenters. The molecule has 2 fully saturated rings. The van der Waals surface area contributed by atoms with Gasteiger partial charge in [0.2, 0.25) is 11.8 Å². The number of amides is 2. The van der Waals surface area contributed by atoms with Crippen molar-refractivity contribution in [3.05, 3.63) is 0 Å². The number of carbonyl (C=O) groups is 2. The Morgan fingerprint density at radius 1 is 1.20 bits per heavy atom. The van der Waals surface area contributed by atoms with Crippen LogP contribution in [0.4, 0.5) is 0 Å². The highest BCUT2D eigenvalue weighted by Crippen LogP contribution is 2.33. The van der Waals surface area contributed by atoms with Crippen molar-refractivity contribution in [1.82, 2.24) is 10.2 Å². The lowest BCUT2D eigenvalue weighted by Crippen LogP contribution is -2.70. The molecule has 0 bridgehead atoms. The zero-order valence-electron chi connectivity index (χ0n) is 13.2. The van der Waals surface area contributed by atoms with Gasteiger partial charge in [-0.3, -0.25) is 9.59 Å². The fourth-order valence-corrected chi connectivity index (χ4v) is 3.57. The van der Waals surface area contributed by atoms with Crippen LogP contribution in [0.25, 0.3) is 0 Å². The highest BCUT2D eigenvalue weighted by molar-refractivity contribution is 5.99. The monoisotopic (exact) mass is 280 g/mol. The average Bonchev–Trinajstić information content (AvgIpc) is 2.46. The first-order chi connectivity index (χ1) is 9.42. The molecule has 1 aliphatic heterocycles. The van der Waals surface area contributed by atoms with Gasteiger partial charge in [-0.15, -0.1) is 0 Å². The minimum absolute atomic E-state index is 0.00781. The molecule has 1 saturated carbocycles. The number of nitrogens with zero attached hydrogens (tertiary/aromatic N) is 1. The molecule has 0 aromatic rings. The van der Waals surface area contributed by atoms with E-state index in [4.69, 9.17) is 0 Å². The van der Waals surface area contributed by atoms with Crippen LogP contribution < -0.4 is 5.32 Å². The van der Waals surface area contributed by atoms with Gasteiger partial charge in [0, 0.05) is 6.04 Å². The van der Waals surface area contributed by atoms with Crippen molar-refractivity contribution in [3.8, 4) is 0 Å². The van der Waals surface area contributed by atoms with Crippen LogP contribution in [0.3, 0.4) is 0 Å². The molecule has 4 nitrogen and oxygen atoms in total. The maximum absolute atomic E-state index is 12.8. The first-order valence-electron chi connectivity index (χ1n) is 8.07. The standard InChI is InChI=1S/C16H28N2O2/c1-5-12-7-9-13(10-8-12)18-11(3)14(19)17-16(4,6-2)15(18)20/h11-13H,5-10H2,1-4H3,(H,17,19). The van der Waals surface area contributed by atoms with Gasteiger partial charge in [0.05, 0.1) is 0 Å². The third kappa shape index (κ3) is 2.57. The van der Waals surface area contributed by atoms with Gasteiger partial charge in [-0.25, -0.2) is 0 Å². The van der Waals surface area contributed by atoms with Crippen molar-refractivity contribution in [2.24, 2.45) is 5.92 Å². The molecule has 0 aromatic carbocycles. The molecule has 2 unspecified atom stereocenters. The van der Waals surface area contributed by atoms with Crippen molar-refractivity contribution >= 4 is 11.8 Å². The number of rotatable bonds is 3. The Kier molecular flexibility index (Phi) is 4.40. The third-order valence-electron chi connectivity index (χ3n) is 5.40. The summed E-state index contributed by atoms with van der Waals surface area (Å²) in [5.41, 5.74) is -0.717. The molecule has 1 heterocycles. The summed E-state index contributed by atoms with van der Waals surface area (Å²) in [6, 6.07) is -0.0810. The van der Waals surface area contributed by atoms with Crippen molar-refractivity contribution in [2.45, 2.75) is 83.8 Å². The van der Waals surface area contributed by atoms with E-state index in [9.17, 15) is 9.59 Å². The van der Waals surface area contributed by atoms with Crippen LogP contribution >= 0.6 is 0 Å². The number of hydrogen-bond donors (Lipinski definition) is 1. The van der Waals surface area contributed by atoms with E-state index in [-0.39, 0.29) is 23.9 Å². The molecule has 1 N–H and O–H groups in total. The quantitative estimate of drug-likeness (QED) is 0.863. The summed E-state index contributed by atoms with van der Waals surface area (Å²) < 4.78 is 0. The molecule has 2 rings (SSSR count).